The molecule has 0 saturated carbocycles. The summed E-state index contributed by atoms with van der Waals surface area (Å²) in [5, 5.41) is 9.40. The van der Waals surface area contributed by atoms with E-state index in [4.69, 9.17) is 0 Å². The maximum Gasteiger partial charge on any atom is 0.244 e. The second-order valence-electron chi connectivity index (χ2n) is 7.12. The number of rotatable bonds is 5. The normalized spacial score (nSPS) is 12.8. The Kier molecular flexibility index (Phi) is 6.54. The number of benzene rings is 1. The molecule has 1 atom stereocenters. The van der Waals surface area contributed by atoms with E-state index in [-0.39, 0.29) is 11.4 Å². The predicted molar refractivity (Wildman–Crippen MR) is 106 cm³/mol. The van der Waals surface area contributed by atoms with Crippen molar-refractivity contribution in [3.05, 3.63) is 52.5 Å². The van der Waals surface area contributed by atoms with E-state index >= 15 is 0 Å². The van der Waals surface area contributed by atoms with Gasteiger partial charge in [-0.1, -0.05) is 6.07 Å². The average molecular weight is 437 g/mol. The first kappa shape index (κ1) is 20.8. The molecule has 144 valence electrons. The van der Waals surface area contributed by atoms with Crippen molar-refractivity contribution in [1.29, 1.82) is 0 Å². The molecule has 1 aromatic carbocycles. The lowest BCUT2D eigenvalue weighted by molar-refractivity contribution is -0.127. The summed E-state index contributed by atoms with van der Waals surface area (Å²) in [7, 11) is 0. The first-order chi connectivity index (χ1) is 12.5. The molecule has 0 aliphatic rings. The van der Waals surface area contributed by atoms with Gasteiger partial charge in [0.25, 0.3) is 0 Å². The number of carbonyl (C=O) groups excluding carboxylic acids is 2. The van der Waals surface area contributed by atoms with Crippen LogP contribution in [0.15, 0.2) is 41.1 Å². The SMILES string of the molecule is CC(NC(=O)/C=C/c1ccc(-n2cc(Br)cn2)c(F)c1)C(=O)NC(C)(C)C. The summed E-state index contributed by atoms with van der Waals surface area (Å²) in [4.78, 5) is 24.0. The van der Waals surface area contributed by atoms with Crippen molar-refractivity contribution in [2.45, 2.75) is 39.3 Å². The highest BCUT2D eigenvalue weighted by molar-refractivity contribution is 9.10. The van der Waals surface area contributed by atoms with Crippen LogP contribution in [0.3, 0.4) is 0 Å². The van der Waals surface area contributed by atoms with Crippen LogP contribution in [0.4, 0.5) is 4.39 Å². The number of carbonyl (C=O) groups is 2. The zero-order valence-corrected chi connectivity index (χ0v) is 17.2. The topological polar surface area (TPSA) is 76.0 Å². The molecule has 1 aromatic heterocycles. The van der Waals surface area contributed by atoms with Crippen molar-refractivity contribution in [1.82, 2.24) is 20.4 Å². The predicted octanol–water partition coefficient (Wildman–Crippen LogP) is 3.21. The molecule has 1 heterocycles. The molecule has 0 spiro atoms. The average Bonchev–Trinajstić information content (AvgIpc) is 2.97. The molecular formula is C19H22BrFN4O2. The Balaban J connectivity index is 2.00. The first-order valence-electron chi connectivity index (χ1n) is 8.36. The van der Waals surface area contributed by atoms with Gasteiger partial charge in [0.1, 0.15) is 17.5 Å². The number of hydrogen-bond acceptors (Lipinski definition) is 3. The first-order valence-corrected chi connectivity index (χ1v) is 9.15. The van der Waals surface area contributed by atoms with E-state index in [1.54, 1.807) is 31.5 Å². The summed E-state index contributed by atoms with van der Waals surface area (Å²) in [5.74, 6) is -1.18. The van der Waals surface area contributed by atoms with Crippen molar-refractivity contribution in [2.75, 3.05) is 0 Å². The van der Waals surface area contributed by atoms with Gasteiger partial charge in [-0.2, -0.15) is 5.10 Å². The number of halogens is 2. The minimum absolute atomic E-state index is 0.273. The van der Waals surface area contributed by atoms with Crippen LogP contribution in [0.5, 0.6) is 0 Å². The molecule has 0 radical (unpaired) electrons. The fraction of sp³-hybridized carbons (Fsp3) is 0.316. The smallest absolute Gasteiger partial charge is 0.244 e. The maximum absolute atomic E-state index is 14.3. The quantitative estimate of drug-likeness (QED) is 0.706. The molecule has 1 unspecified atom stereocenters. The van der Waals surface area contributed by atoms with Crippen LogP contribution >= 0.6 is 15.9 Å². The van der Waals surface area contributed by atoms with Gasteiger partial charge in [-0.05, 0) is 67.4 Å². The number of amides is 2. The van der Waals surface area contributed by atoms with Crippen molar-refractivity contribution < 1.29 is 14.0 Å². The third kappa shape index (κ3) is 6.32. The van der Waals surface area contributed by atoms with E-state index in [0.717, 1.165) is 4.47 Å². The summed E-state index contributed by atoms with van der Waals surface area (Å²) in [5.41, 5.74) is 0.439. The molecular weight excluding hydrogens is 415 g/mol. The van der Waals surface area contributed by atoms with Crippen LogP contribution in [0, 0.1) is 5.82 Å². The molecule has 0 bridgehead atoms. The maximum atomic E-state index is 14.3. The molecule has 8 heteroatoms. The molecule has 0 aliphatic carbocycles. The fourth-order valence-corrected chi connectivity index (χ4v) is 2.51. The van der Waals surface area contributed by atoms with Crippen LogP contribution < -0.4 is 10.6 Å². The van der Waals surface area contributed by atoms with Crippen LogP contribution in [0.2, 0.25) is 0 Å². The Bertz CT molecular complexity index is 871. The van der Waals surface area contributed by atoms with E-state index < -0.39 is 17.8 Å². The highest BCUT2D eigenvalue weighted by Gasteiger charge is 2.19. The van der Waals surface area contributed by atoms with Gasteiger partial charge in [0.05, 0.1) is 10.7 Å². The zero-order valence-electron chi connectivity index (χ0n) is 15.6. The van der Waals surface area contributed by atoms with Gasteiger partial charge < -0.3 is 10.6 Å². The Morgan fingerprint density at radius 1 is 1.33 bits per heavy atom. The van der Waals surface area contributed by atoms with E-state index in [0.29, 0.717) is 11.3 Å². The third-order valence-corrected chi connectivity index (χ3v) is 3.86. The second-order valence-corrected chi connectivity index (χ2v) is 8.03. The monoisotopic (exact) mass is 436 g/mol. The molecule has 2 amide bonds. The highest BCUT2D eigenvalue weighted by Crippen LogP contribution is 2.17. The fourth-order valence-electron chi connectivity index (χ4n) is 2.22. The van der Waals surface area contributed by atoms with Crippen LogP contribution in [0.1, 0.15) is 33.3 Å². The summed E-state index contributed by atoms with van der Waals surface area (Å²) in [6.07, 6.45) is 5.95. The highest BCUT2D eigenvalue weighted by atomic mass is 79.9. The Morgan fingerprint density at radius 3 is 2.59 bits per heavy atom. The summed E-state index contributed by atoms with van der Waals surface area (Å²) in [6.45, 7) is 7.18. The van der Waals surface area contributed by atoms with Gasteiger partial charge in [-0.15, -0.1) is 0 Å². The minimum Gasteiger partial charge on any atom is -0.350 e. The molecule has 27 heavy (non-hydrogen) atoms. The zero-order chi connectivity index (χ0) is 20.2. The van der Waals surface area contributed by atoms with E-state index in [1.807, 2.05) is 20.8 Å². The summed E-state index contributed by atoms with van der Waals surface area (Å²) < 4.78 is 16.4. The third-order valence-electron chi connectivity index (χ3n) is 3.45. The van der Waals surface area contributed by atoms with Crippen LogP contribution in [-0.4, -0.2) is 33.2 Å². The van der Waals surface area contributed by atoms with Crippen molar-refractivity contribution >= 4 is 33.8 Å². The molecule has 2 N–H and O–H groups in total. The molecule has 2 aromatic rings. The van der Waals surface area contributed by atoms with Gasteiger partial charge in [0.2, 0.25) is 11.8 Å². The molecule has 0 fully saturated rings. The van der Waals surface area contributed by atoms with Crippen molar-refractivity contribution in [3.63, 3.8) is 0 Å². The summed E-state index contributed by atoms with van der Waals surface area (Å²) >= 11 is 3.26. The lowest BCUT2D eigenvalue weighted by Gasteiger charge is -2.23. The number of aromatic nitrogens is 2. The standard InChI is InChI=1S/C19H22BrFN4O2/c1-12(18(27)24-19(2,3)4)23-17(26)8-6-13-5-7-16(15(21)9-13)25-11-14(20)10-22-25/h5-12H,1-4H3,(H,23,26)(H,24,27)/b8-6+. The van der Waals surface area contributed by atoms with Crippen molar-refractivity contribution in [2.24, 2.45) is 0 Å². The number of nitrogens with zero attached hydrogens (tertiary/aromatic N) is 2. The van der Waals surface area contributed by atoms with E-state index in [9.17, 15) is 14.0 Å². The lowest BCUT2D eigenvalue weighted by Crippen LogP contribution is -2.50. The van der Waals surface area contributed by atoms with E-state index in [2.05, 4.69) is 31.7 Å². The Labute approximate surface area is 166 Å². The van der Waals surface area contributed by atoms with E-state index in [1.165, 1.54) is 22.9 Å². The Hall–Kier alpha value is -2.48. The Morgan fingerprint density at radius 2 is 2.04 bits per heavy atom. The molecule has 2 rings (SSSR count). The molecule has 6 nitrogen and oxygen atoms in total. The second kappa shape index (κ2) is 8.47. The van der Waals surface area contributed by atoms with Crippen LogP contribution in [0.25, 0.3) is 11.8 Å². The van der Waals surface area contributed by atoms with Gasteiger partial charge >= 0.3 is 0 Å². The van der Waals surface area contributed by atoms with Gasteiger partial charge in [-0.3, -0.25) is 9.59 Å². The van der Waals surface area contributed by atoms with Gasteiger partial charge in [-0.25, -0.2) is 9.07 Å². The van der Waals surface area contributed by atoms with Crippen molar-refractivity contribution in [3.8, 4) is 5.69 Å². The minimum atomic E-state index is -0.682. The molecule has 0 saturated heterocycles. The summed E-state index contributed by atoms with van der Waals surface area (Å²) in [6, 6.07) is 3.88. The largest absolute Gasteiger partial charge is 0.350 e. The van der Waals surface area contributed by atoms with Gasteiger partial charge in [0.15, 0.2) is 0 Å². The number of hydrogen-bond donors (Lipinski definition) is 2. The van der Waals surface area contributed by atoms with Gasteiger partial charge in [0, 0.05) is 17.8 Å². The van der Waals surface area contributed by atoms with Crippen LogP contribution in [-0.2, 0) is 9.59 Å². The molecule has 0 aliphatic heterocycles. The number of nitrogens with one attached hydrogen (secondary N) is 2. The lowest BCUT2D eigenvalue weighted by atomic mass is 10.1.